The third-order valence-electron chi connectivity index (χ3n) is 5.41. The number of rotatable bonds is 4. The number of carboxylic acids is 1. The van der Waals surface area contributed by atoms with E-state index < -0.39 is 12.1 Å². The summed E-state index contributed by atoms with van der Waals surface area (Å²) in [7, 11) is 1.76. The monoisotopic (exact) mass is 416 g/mol. The highest BCUT2D eigenvalue weighted by atomic mass is 19.4. The molecular weight excluding hydrogens is 389 g/mol. The van der Waals surface area contributed by atoms with Gasteiger partial charge in [0.25, 0.3) is 5.91 Å². The number of benzene rings is 1. The van der Waals surface area contributed by atoms with Crippen LogP contribution in [-0.4, -0.2) is 78.4 Å². The van der Waals surface area contributed by atoms with Crippen LogP contribution in [0.1, 0.15) is 36.0 Å². The molecule has 2 fully saturated rings. The second-order valence-corrected chi connectivity index (χ2v) is 7.31. The van der Waals surface area contributed by atoms with Crippen molar-refractivity contribution in [3.63, 3.8) is 0 Å². The first kappa shape index (κ1) is 23.2. The summed E-state index contributed by atoms with van der Waals surface area (Å²) in [5.41, 5.74) is 0.988. The van der Waals surface area contributed by atoms with Crippen LogP contribution in [0.25, 0.3) is 0 Å². The van der Waals surface area contributed by atoms with Crippen molar-refractivity contribution in [2.45, 2.75) is 37.4 Å². The number of carbonyl (C=O) groups is 2. The molecule has 2 aliphatic heterocycles. The van der Waals surface area contributed by atoms with Crippen LogP contribution in [0.15, 0.2) is 30.3 Å². The summed E-state index contributed by atoms with van der Waals surface area (Å²) in [4.78, 5) is 26.3. The molecule has 1 N–H and O–H groups in total. The summed E-state index contributed by atoms with van der Waals surface area (Å²) in [6.45, 7) is 4.63. The van der Waals surface area contributed by atoms with Crippen molar-refractivity contribution < 1.29 is 32.6 Å². The molecule has 162 valence electrons. The number of ether oxygens (including phenoxy) is 1. The van der Waals surface area contributed by atoms with Gasteiger partial charge in [-0.05, 0) is 44.4 Å². The average molecular weight is 416 g/mol. The number of likely N-dealkylation sites (tertiary alicyclic amines) is 2. The highest BCUT2D eigenvalue weighted by Crippen LogP contribution is 2.37. The number of hydrogen-bond acceptors (Lipinski definition) is 4. The van der Waals surface area contributed by atoms with Gasteiger partial charge in [-0.3, -0.25) is 9.69 Å². The number of amides is 1. The molecule has 2 saturated heterocycles. The van der Waals surface area contributed by atoms with Gasteiger partial charge in [-0.25, -0.2) is 4.79 Å². The lowest BCUT2D eigenvalue weighted by Gasteiger charge is -2.46. The van der Waals surface area contributed by atoms with Crippen LogP contribution in [0, 0.1) is 0 Å². The van der Waals surface area contributed by atoms with E-state index >= 15 is 0 Å². The highest BCUT2D eigenvalue weighted by Gasteiger charge is 2.44. The lowest BCUT2D eigenvalue weighted by Crippen LogP contribution is -2.57. The predicted octanol–water partition coefficient (Wildman–Crippen LogP) is 3.04. The van der Waals surface area contributed by atoms with E-state index in [0.29, 0.717) is 0 Å². The number of piperidine rings is 1. The minimum atomic E-state index is -5.08. The molecule has 0 bridgehead atoms. The summed E-state index contributed by atoms with van der Waals surface area (Å²) in [6.07, 6.45) is -0.344. The molecule has 1 aromatic rings. The summed E-state index contributed by atoms with van der Waals surface area (Å²) < 4.78 is 37.0. The van der Waals surface area contributed by atoms with E-state index in [-0.39, 0.29) is 11.4 Å². The van der Waals surface area contributed by atoms with Crippen LogP contribution >= 0.6 is 0 Å². The van der Waals surface area contributed by atoms with Crippen LogP contribution in [0.3, 0.4) is 0 Å². The maximum atomic E-state index is 12.7. The molecule has 2 heterocycles. The standard InChI is InChI=1S/C18H26N2O2.C2HF3O2/c1-22-14-13-20-12-6-10-18(20)9-5-11-19(15-18)17(21)16-7-3-2-4-8-16;3-2(4,5)1(6)7/h2-4,7-8H,5-6,9-15H2,1H3;(H,6,7). The Balaban J connectivity index is 0.000000370. The second-order valence-electron chi connectivity index (χ2n) is 7.31. The topological polar surface area (TPSA) is 70.1 Å². The first-order valence-electron chi connectivity index (χ1n) is 9.58. The zero-order valence-corrected chi connectivity index (χ0v) is 16.5. The number of nitrogens with zero attached hydrogens (tertiary/aromatic N) is 2. The zero-order valence-electron chi connectivity index (χ0n) is 16.5. The predicted molar refractivity (Wildman–Crippen MR) is 101 cm³/mol. The SMILES string of the molecule is COCCN1CCCC12CCCN(C(=O)c1ccccc1)C2.O=C(O)C(F)(F)F. The van der Waals surface area contributed by atoms with Gasteiger partial charge in [0.2, 0.25) is 0 Å². The zero-order chi connectivity index (χ0) is 21.5. The lowest BCUT2D eigenvalue weighted by molar-refractivity contribution is -0.192. The van der Waals surface area contributed by atoms with Crippen LogP contribution in [0.4, 0.5) is 13.2 Å². The third kappa shape index (κ3) is 6.17. The molecule has 0 saturated carbocycles. The van der Waals surface area contributed by atoms with Gasteiger partial charge in [0.1, 0.15) is 0 Å². The first-order chi connectivity index (χ1) is 13.7. The molecule has 0 aromatic heterocycles. The van der Waals surface area contributed by atoms with Gasteiger partial charge < -0.3 is 14.7 Å². The van der Waals surface area contributed by atoms with Gasteiger partial charge in [0.05, 0.1) is 6.61 Å². The fourth-order valence-electron chi connectivity index (χ4n) is 4.06. The Kier molecular flexibility index (Phi) is 8.04. The summed E-state index contributed by atoms with van der Waals surface area (Å²) in [5.74, 6) is -2.58. The molecule has 1 atom stereocenters. The Hall–Kier alpha value is -2.13. The van der Waals surface area contributed by atoms with Crippen molar-refractivity contribution in [3.8, 4) is 0 Å². The highest BCUT2D eigenvalue weighted by molar-refractivity contribution is 5.94. The first-order valence-corrected chi connectivity index (χ1v) is 9.58. The Labute approximate surface area is 168 Å². The van der Waals surface area contributed by atoms with E-state index in [2.05, 4.69) is 9.80 Å². The molecule has 0 aliphatic carbocycles. The van der Waals surface area contributed by atoms with Crippen molar-refractivity contribution in [2.75, 3.05) is 39.9 Å². The third-order valence-corrected chi connectivity index (χ3v) is 5.41. The number of halogens is 3. The lowest BCUT2D eigenvalue weighted by atomic mass is 9.86. The molecule has 1 spiro atoms. The Morgan fingerprint density at radius 2 is 1.72 bits per heavy atom. The van der Waals surface area contributed by atoms with Crippen LogP contribution < -0.4 is 0 Å². The molecule has 29 heavy (non-hydrogen) atoms. The number of carboxylic acid groups (broad SMARTS) is 1. The van der Waals surface area contributed by atoms with E-state index in [4.69, 9.17) is 14.6 Å². The van der Waals surface area contributed by atoms with E-state index in [1.54, 1.807) is 7.11 Å². The van der Waals surface area contributed by atoms with Gasteiger partial charge in [-0.15, -0.1) is 0 Å². The molecule has 2 aliphatic rings. The number of carbonyl (C=O) groups excluding carboxylic acids is 1. The van der Waals surface area contributed by atoms with Gasteiger partial charge >= 0.3 is 12.1 Å². The second kappa shape index (κ2) is 10.1. The molecule has 3 rings (SSSR count). The van der Waals surface area contributed by atoms with Crippen molar-refractivity contribution in [2.24, 2.45) is 0 Å². The Bertz CT molecular complexity index is 684. The van der Waals surface area contributed by atoms with Gasteiger partial charge in [0.15, 0.2) is 0 Å². The molecular formula is C20H27F3N2O4. The summed E-state index contributed by atoms with van der Waals surface area (Å²) in [5, 5.41) is 7.12. The van der Waals surface area contributed by atoms with E-state index in [0.717, 1.165) is 44.8 Å². The summed E-state index contributed by atoms with van der Waals surface area (Å²) >= 11 is 0. The minimum absolute atomic E-state index is 0.179. The van der Waals surface area contributed by atoms with Crippen molar-refractivity contribution in [1.29, 1.82) is 0 Å². The van der Waals surface area contributed by atoms with E-state index in [1.807, 2.05) is 30.3 Å². The smallest absolute Gasteiger partial charge is 0.475 e. The molecule has 0 radical (unpaired) electrons. The largest absolute Gasteiger partial charge is 0.490 e. The number of hydrogen-bond donors (Lipinski definition) is 1. The number of alkyl halides is 3. The molecule has 1 amide bonds. The molecule has 1 aromatic carbocycles. The van der Waals surface area contributed by atoms with Crippen molar-refractivity contribution in [1.82, 2.24) is 9.80 Å². The molecule has 1 unspecified atom stereocenters. The maximum Gasteiger partial charge on any atom is 0.490 e. The van der Waals surface area contributed by atoms with Crippen LogP contribution in [0.5, 0.6) is 0 Å². The van der Waals surface area contributed by atoms with Crippen molar-refractivity contribution in [3.05, 3.63) is 35.9 Å². The van der Waals surface area contributed by atoms with Crippen molar-refractivity contribution >= 4 is 11.9 Å². The van der Waals surface area contributed by atoms with Gasteiger partial charge in [0, 0.05) is 37.8 Å². The average Bonchev–Trinajstić information content (AvgIpc) is 3.07. The van der Waals surface area contributed by atoms with Crippen LogP contribution in [0.2, 0.25) is 0 Å². The maximum absolute atomic E-state index is 12.7. The molecule has 9 heteroatoms. The fourth-order valence-corrected chi connectivity index (χ4v) is 4.06. The molecule has 6 nitrogen and oxygen atoms in total. The number of aliphatic carboxylic acids is 1. The summed E-state index contributed by atoms with van der Waals surface area (Å²) in [6, 6.07) is 9.67. The van der Waals surface area contributed by atoms with E-state index in [1.165, 1.54) is 19.3 Å². The Morgan fingerprint density at radius 1 is 1.14 bits per heavy atom. The Morgan fingerprint density at radius 3 is 2.28 bits per heavy atom. The van der Waals surface area contributed by atoms with Gasteiger partial charge in [-0.1, -0.05) is 18.2 Å². The van der Waals surface area contributed by atoms with Crippen LogP contribution in [-0.2, 0) is 9.53 Å². The quantitative estimate of drug-likeness (QED) is 0.817. The van der Waals surface area contributed by atoms with E-state index in [9.17, 15) is 18.0 Å². The minimum Gasteiger partial charge on any atom is -0.475 e. The number of methoxy groups -OCH3 is 1. The normalized spacial score (nSPS) is 22.3. The van der Waals surface area contributed by atoms with Gasteiger partial charge in [-0.2, -0.15) is 13.2 Å². The fraction of sp³-hybridized carbons (Fsp3) is 0.600.